The van der Waals surface area contributed by atoms with E-state index in [-0.39, 0.29) is 5.91 Å². The van der Waals surface area contributed by atoms with Gasteiger partial charge in [-0.1, -0.05) is 30.0 Å². The highest BCUT2D eigenvalue weighted by atomic mass is 32.2. The molecule has 0 aliphatic heterocycles. The molecule has 0 saturated carbocycles. The van der Waals surface area contributed by atoms with Gasteiger partial charge in [0.15, 0.2) is 16.1 Å². The Labute approximate surface area is 208 Å². The van der Waals surface area contributed by atoms with Crippen molar-refractivity contribution in [2.45, 2.75) is 31.7 Å². The van der Waals surface area contributed by atoms with Gasteiger partial charge >= 0.3 is 0 Å². The molecular weight excluding hydrogens is 464 g/mol. The molecule has 176 valence electrons. The van der Waals surface area contributed by atoms with Crippen LogP contribution in [0.4, 0.5) is 16.5 Å². The van der Waals surface area contributed by atoms with Crippen molar-refractivity contribution in [3.8, 4) is 11.4 Å². The summed E-state index contributed by atoms with van der Waals surface area (Å²) in [5.74, 6) is 1.41. The first-order valence-electron chi connectivity index (χ1n) is 11.2. The van der Waals surface area contributed by atoms with Crippen molar-refractivity contribution in [2.75, 3.05) is 22.9 Å². The highest BCUT2D eigenvalue weighted by molar-refractivity contribution is 7.98. The average Bonchev–Trinajstić information content (AvgIpc) is 3.46. The lowest BCUT2D eigenvalue weighted by molar-refractivity contribution is -0.115. The number of hydrogen-bond donors (Lipinski definition) is 0. The van der Waals surface area contributed by atoms with Gasteiger partial charge in [-0.25, -0.2) is 4.98 Å². The van der Waals surface area contributed by atoms with Crippen LogP contribution < -0.4 is 9.80 Å². The summed E-state index contributed by atoms with van der Waals surface area (Å²) in [6.07, 6.45) is 0. The number of anilines is 3. The van der Waals surface area contributed by atoms with Gasteiger partial charge in [0.2, 0.25) is 5.91 Å². The smallest absolute Gasteiger partial charge is 0.230 e. The van der Waals surface area contributed by atoms with Crippen molar-refractivity contribution in [3.05, 3.63) is 65.7 Å². The molecule has 2 heterocycles. The molecule has 0 saturated heterocycles. The summed E-state index contributed by atoms with van der Waals surface area (Å²) in [5, 5.41) is 12.3. The summed E-state index contributed by atoms with van der Waals surface area (Å²) in [6, 6.07) is 18.0. The number of rotatable bonds is 9. The largest absolute Gasteiger partial charge is 0.372 e. The molecule has 0 fully saturated rings. The second-order valence-electron chi connectivity index (χ2n) is 7.68. The van der Waals surface area contributed by atoms with Gasteiger partial charge in [0.05, 0.1) is 11.4 Å². The van der Waals surface area contributed by atoms with Crippen LogP contribution in [0.25, 0.3) is 11.4 Å². The van der Waals surface area contributed by atoms with E-state index in [1.807, 2.05) is 47.3 Å². The van der Waals surface area contributed by atoms with Crippen LogP contribution in [0.2, 0.25) is 0 Å². The molecule has 0 bridgehead atoms. The van der Waals surface area contributed by atoms with E-state index in [9.17, 15) is 4.79 Å². The molecule has 4 aromatic rings. The first kappa shape index (κ1) is 24.0. The molecule has 7 nitrogen and oxygen atoms in total. The Hall–Kier alpha value is -3.17. The summed E-state index contributed by atoms with van der Waals surface area (Å²) in [7, 11) is 1.98. The van der Waals surface area contributed by atoms with Gasteiger partial charge in [0.1, 0.15) is 0 Å². The van der Waals surface area contributed by atoms with Gasteiger partial charge in [-0.15, -0.1) is 21.5 Å². The number of aromatic nitrogens is 4. The van der Waals surface area contributed by atoms with Gasteiger partial charge in [-0.3, -0.25) is 9.69 Å². The fourth-order valence-electron chi connectivity index (χ4n) is 3.71. The maximum Gasteiger partial charge on any atom is 0.230 e. The number of hydrogen-bond acceptors (Lipinski definition) is 7. The highest BCUT2D eigenvalue weighted by Gasteiger charge is 2.18. The normalized spacial score (nSPS) is 10.9. The Balaban J connectivity index is 1.45. The topological polar surface area (TPSA) is 67.2 Å². The van der Waals surface area contributed by atoms with Gasteiger partial charge in [0, 0.05) is 49.4 Å². The highest BCUT2D eigenvalue weighted by Crippen LogP contribution is 2.31. The zero-order chi connectivity index (χ0) is 24.1. The van der Waals surface area contributed by atoms with Gasteiger partial charge < -0.3 is 9.47 Å². The molecule has 34 heavy (non-hydrogen) atoms. The zero-order valence-electron chi connectivity index (χ0n) is 19.8. The van der Waals surface area contributed by atoms with Gasteiger partial charge in [-0.2, -0.15) is 0 Å². The van der Waals surface area contributed by atoms with Crippen LogP contribution in [0, 0.1) is 0 Å². The standard InChI is InChI=1S/C25H28N6OS2/c1-5-30(6-2)21-14-12-19(13-15-21)23-27-28-25(29(23)4)34-17-20-16-33-24(26-20)31(18(3)32)22-10-8-7-9-11-22/h7-16H,5-6,17H2,1-4H3. The van der Waals surface area contributed by atoms with Crippen LogP contribution in [-0.2, 0) is 17.6 Å². The number of benzene rings is 2. The summed E-state index contributed by atoms with van der Waals surface area (Å²) in [6.45, 7) is 7.84. The van der Waals surface area contributed by atoms with E-state index in [0.717, 1.165) is 41.0 Å². The molecule has 2 aromatic heterocycles. The molecule has 0 unspecified atom stereocenters. The van der Waals surface area contributed by atoms with Crippen molar-refractivity contribution in [1.29, 1.82) is 0 Å². The SMILES string of the molecule is CCN(CC)c1ccc(-c2nnc(SCc3csc(N(C(C)=O)c4ccccc4)n3)n2C)cc1. The van der Waals surface area contributed by atoms with Gasteiger partial charge in [0.25, 0.3) is 0 Å². The first-order valence-corrected chi connectivity index (χ1v) is 13.1. The Morgan fingerprint density at radius 2 is 1.71 bits per heavy atom. The van der Waals surface area contributed by atoms with Crippen molar-refractivity contribution in [2.24, 2.45) is 7.05 Å². The predicted molar refractivity (Wildman–Crippen MR) is 141 cm³/mol. The van der Waals surface area contributed by atoms with Crippen LogP contribution >= 0.6 is 23.1 Å². The zero-order valence-corrected chi connectivity index (χ0v) is 21.4. The Morgan fingerprint density at radius 3 is 2.35 bits per heavy atom. The quantitative estimate of drug-likeness (QED) is 0.277. The second-order valence-corrected chi connectivity index (χ2v) is 9.46. The lowest BCUT2D eigenvalue weighted by Crippen LogP contribution is -2.22. The minimum Gasteiger partial charge on any atom is -0.372 e. The number of carbonyl (C=O) groups excluding carboxylic acids is 1. The summed E-state index contributed by atoms with van der Waals surface area (Å²) >= 11 is 3.05. The van der Waals surface area contributed by atoms with Crippen LogP contribution in [0.15, 0.2) is 65.1 Å². The summed E-state index contributed by atoms with van der Waals surface area (Å²) in [5.41, 5.74) is 3.96. The van der Waals surface area contributed by atoms with Crippen molar-refractivity contribution < 1.29 is 4.79 Å². The number of amides is 1. The molecule has 0 spiro atoms. The third kappa shape index (κ3) is 5.15. The van der Waals surface area contributed by atoms with Crippen molar-refractivity contribution >= 4 is 45.5 Å². The molecule has 2 aromatic carbocycles. The van der Waals surface area contributed by atoms with E-state index < -0.39 is 0 Å². The van der Waals surface area contributed by atoms with E-state index in [1.54, 1.807) is 23.6 Å². The molecule has 0 aliphatic carbocycles. The third-order valence-corrected chi connectivity index (χ3v) is 7.43. The molecular formula is C25H28N6OS2. The van der Waals surface area contributed by atoms with E-state index in [0.29, 0.717) is 10.9 Å². The predicted octanol–water partition coefficient (Wildman–Crippen LogP) is 5.76. The molecule has 0 atom stereocenters. The van der Waals surface area contributed by atoms with Crippen LogP contribution in [0.5, 0.6) is 0 Å². The fraction of sp³-hybridized carbons (Fsp3) is 0.280. The number of nitrogens with zero attached hydrogens (tertiary/aromatic N) is 6. The van der Waals surface area contributed by atoms with Crippen LogP contribution in [0.1, 0.15) is 26.5 Å². The number of thiazole rings is 1. The second kappa shape index (κ2) is 10.8. The van der Waals surface area contributed by atoms with Gasteiger partial charge in [-0.05, 0) is 50.2 Å². The monoisotopic (exact) mass is 492 g/mol. The summed E-state index contributed by atoms with van der Waals surface area (Å²) in [4.78, 5) is 20.9. The Kier molecular flexibility index (Phi) is 7.64. The molecule has 1 amide bonds. The maximum atomic E-state index is 12.3. The number of carbonyl (C=O) groups is 1. The van der Waals surface area contributed by atoms with Crippen LogP contribution in [-0.4, -0.2) is 38.7 Å². The number of thioether (sulfide) groups is 1. The summed E-state index contributed by atoms with van der Waals surface area (Å²) < 4.78 is 2.01. The first-order chi connectivity index (χ1) is 16.5. The van der Waals surface area contributed by atoms with E-state index >= 15 is 0 Å². The Morgan fingerprint density at radius 1 is 1.00 bits per heavy atom. The molecule has 9 heteroatoms. The molecule has 0 N–H and O–H groups in total. The average molecular weight is 493 g/mol. The lowest BCUT2D eigenvalue weighted by atomic mass is 10.2. The molecule has 0 radical (unpaired) electrons. The van der Waals surface area contributed by atoms with Crippen LogP contribution in [0.3, 0.4) is 0 Å². The minimum atomic E-state index is -0.0651. The third-order valence-electron chi connectivity index (χ3n) is 5.50. The van der Waals surface area contributed by atoms with Crippen molar-refractivity contribution in [1.82, 2.24) is 19.7 Å². The maximum absolute atomic E-state index is 12.3. The van der Waals surface area contributed by atoms with E-state index in [2.05, 4.69) is 53.2 Å². The number of para-hydroxylation sites is 1. The minimum absolute atomic E-state index is 0.0651. The van der Waals surface area contributed by atoms with Crippen molar-refractivity contribution in [3.63, 3.8) is 0 Å². The Bertz CT molecular complexity index is 1230. The molecule has 4 rings (SSSR count). The van der Waals surface area contributed by atoms with E-state index in [1.165, 1.54) is 17.0 Å². The molecule has 0 aliphatic rings. The van der Waals surface area contributed by atoms with E-state index in [4.69, 9.17) is 4.98 Å². The lowest BCUT2D eigenvalue weighted by Gasteiger charge is -2.21. The fourth-order valence-corrected chi connectivity index (χ4v) is 5.51.